The molecule has 122 valence electrons. The third-order valence-corrected chi connectivity index (χ3v) is 8.04. The highest BCUT2D eigenvalue weighted by Crippen LogP contribution is 2.62. The average molecular weight is 300 g/mol. The number of fused-ring (bicyclic) bond motifs is 5. The zero-order valence-electron chi connectivity index (χ0n) is 14.2. The van der Waals surface area contributed by atoms with E-state index in [2.05, 4.69) is 13.5 Å². The van der Waals surface area contributed by atoms with Crippen LogP contribution in [0.3, 0.4) is 0 Å². The Morgan fingerprint density at radius 3 is 2.77 bits per heavy atom. The second-order valence-electron chi connectivity index (χ2n) is 8.97. The Hall–Kier alpha value is -0.720. The highest BCUT2D eigenvalue weighted by molar-refractivity contribution is 5.18. The molecule has 6 unspecified atom stereocenters. The van der Waals surface area contributed by atoms with E-state index in [-0.39, 0.29) is 0 Å². The lowest BCUT2D eigenvalue weighted by Crippen LogP contribution is -2.46. The van der Waals surface area contributed by atoms with Gasteiger partial charge in [0, 0.05) is 6.42 Å². The quantitative estimate of drug-likeness (QED) is 0.617. The monoisotopic (exact) mass is 300 g/mol. The van der Waals surface area contributed by atoms with E-state index in [0.717, 1.165) is 48.9 Å². The number of allylic oxidation sites excluding steroid dienone is 3. The van der Waals surface area contributed by atoms with Crippen molar-refractivity contribution in [2.24, 2.45) is 35.0 Å². The second-order valence-corrected chi connectivity index (χ2v) is 8.97. The van der Waals surface area contributed by atoms with Crippen LogP contribution in [0, 0.1) is 35.0 Å². The minimum atomic E-state index is 0.671. The maximum atomic E-state index is 10.4. The summed E-state index contributed by atoms with van der Waals surface area (Å²) in [6.45, 7) is 6.47. The van der Waals surface area contributed by atoms with Gasteiger partial charge in [0.25, 0.3) is 0 Å². The van der Waals surface area contributed by atoms with Gasteiger partial charge in [-0.3, -0.25) is 0 Å². The first kappa shape index (κ1) is 14.8. The lowest BCUT2D eigenvalue weighted by atomic mass is 9.51. The van der Waals surface area contributed by atoms with E-state index in [1.165, 1.54) is 50.5 Å². The summed E-state index contributed by atoms with van der Waals surface area (Å²) in [5.41, 5.74) is 1.97. The molecule has 6 atom stereocenters. The largest absolute Gasteiger partial charge is 0.512 e. The third kappa shape index (κ3) is 2.19. The van der Waals surface area contributed by atoms with Gasteiger partial charge in [0.15, 0.2) is 0 Å². The summed E-state index contributed by atoms with van der Waals surface area (Å²) in [4.78, 5) is 0. The minimum absolute atomic E-state index is 0.671. The molecule has 1 N–H and O–H groups in total. The molecule has 0 spiro atoms. The van der Waals surface area contributed by atoms with Crippen molar-refractivity contribution in [3.63, 3.8) is 0 Å². The van der Waals surface area contributed by atoms with Crippen molar-refractivity contribution in [3.8, 4) is 0 Å². The Labute approximate surface area is 135 Å². The molecule has 0 saturated heterocycles. The zero-order valence-corrected chi connectivity index (χ0v) is 14.2. The van der Waals surface area contributed by atoms with Gasteiger partial charge in [-0.2, -0.15) is 0 Å². The van der Waals surface area contributed by atoms with Crippen molar-refractivity contribution in [2.45, 2.75) is 71.1 Å². The number of aliphatic hydroxyl groups excluding tert-OH is 1. The predicted octanol–water partition coefficient (Wildman–Crippen LogP) is 6.03. The highest BCUT2D eigenvalue weighted by atomic mass is 16.3. The Morgan fingerprint density at radius 2 is 1.95 bits per heavy atom. The van der Waals surface area contributed by atoms with Gasteiger partial charge in [0.1, 0.15) is 0 Å². The van der Waals surface area contributed by atoms with Gasteiger partial charge in [-0.25, -0.2) is 0 Å². The smallest absolute Gasteiger partial charge is 0.0920 e. The van der Waals surface area contributed by atoms with E-state index in [9.17, 15) is 5.11 Å². The highest BCUT2D eigenvalue weighted by Gasteiger charge is 2.53. The molecule has 1 heteroatoms. The minimum Gasteiger partial charge on any atom is -0.512 e. The molecule has 3 saturated carbocycles. The molecule has 3 fully saturated rings. The van der Waals surface area contributed by atoms with E-state index in [1.54, 1.807) is 0 Å². The Kier molecular flexibility index (Phi) is 3.66. The summed E-state index contributed by atoms with van der Waals surface area (Å²) in [6, 6.07) is 0. The fraction of sp³-hybridized carbons (Fsp3) is 0.810. The molecule has 0 heterocycles. The number of hydrogen-bond donors (Lipinski definition) is 1. The van der Waals surface area contributed by atoms with Crippen LogP contribution in [0.15, 0.2) is 24.0 Å². The zero-order chi connectivity index (χ0) is 15.3. The third-order valence-electron chi connectivity index (χ3n) is 8.04. The summed E-state index contributed by atoms with van der Waals surface area (Å²) in [7, 11) is 0. The predicted molar refractivity (Wildman–Crippen MR) is 91.6 cm³/mol. The first-order valence-corrected chi connectivity index (χ1v) is 9.63. The molecular weight excluding hydrogens is 268 g/mol. The van der Waals surface area contributed by atoms with Crippen molar-refractivity contribution in [1.82, 2.24) is 0 Å². The summed E-state index contributed by atoms with van der Waals surface area (Å²) >= 11 is 0. The molecule has 0 aromatic rings. The lowest BCUT2D eigenvalue weighted by molar-refractivity contribution is -0.0423. The molecule has 4 rings (SSSR count). The van der Waals surface area contributed by atoms with Gasteiger partial charge in [-0.1, -0.05) is 19.4 Å². The molecule has 0 aromatic carbocycles. The molecule has 0 bridgehead atoms. The van der Waals surface area contributed by atoms with E-state index < -0.39 is 0 Å². The van der Waals surface area contributed by atoms with Crippen LogP contribution in [0.2, 0.25) is 0 Å². The van der Waals surface area contributed by atoms with Crippen LogP contribution in [0.4, 0.5) is 0 Å². The number of rotatable bonds is 2. The van der Waals surface area contributed by atoms with Gasteiger partial charge in [0.05, 0.1) is 5.76 Å². The molecular formula is C21H32O. The Balaban J connectivity index is 1.58. The number of aliphatic hydroxyl groups is 1. The summed E-state index contributed by atoms with van der Waals surface area (Å²) in [5, 5.41) is 10.4. The van der Waals surface area contributed by atoms with Crippen molar-refractivity contribution >= 4 is 0 Å². The average Bonchev–Trinajstić information content (AvgIpc) is 2.90. The van der Waals surface area contributed by atoms with Crippen LogP contribution in [-0.4, -0.2) is 5.11 Å². The second kappa shape index (κ2) is 5.42. The summed E-state index contributed by atoms with van der Waals surface area (Å²) < 4.78 is 0. The normalized spacial score (nSPS) is 47.6. The maximum absolute atomic E-state index is 10.4. The Morgan fingerprint density at radius 1 is 1.09 bits per heavy atom. The van der Waals surface area contributed by atoms with Gasteiger partial charge in [-0.15, -0.1) is 6.58 Å². The fourth-order valence-electron chi connectivity index (χ4n) is 6.97. The molecule has 0 aromatic heterocycles. The molecule has 0 radical (unpaired) electrons. The molecule has 22 heavy (non-hydrogen) atoms. The van der Waals surface area contributed by atoms with E-state index in [0.29, 0.717) is 11.2 Å². The van der Waals surface area contributed by atoms with Crippen molar-refractivity contribution in [2.75, 3.05) is 0 Å². The van der Waals surface area contributed by atoms with Gasteiger partial charge in [-0.05, 0) is 91.9 Å². The van der Waals surface area contributed by atoms with E-state index in [4.69, 9.17) is 0 Å². The van der Waals surface area contributed by atoms with Crippen LogP contribution in [0.1, 0.15) is 71.1 Å². The first-order chi connectivity index (χ1) is 10.6. The molecule has 0 amide bonds. The Bertz CT molecular complexity index is 490. The van der Waals surface area contributed by atoms with Crippen molar-refractivity contribution < 1.29 is 5.11 Å². The van der Waals surface area contributed by atoms with Gasteiger partial charge < -0.3 is 5.11 Å². The van der Waals surface area contributed by atoms with Crippen LogP contribution < -0.4 is 0 Å². The van der Waals surface area contributed by atoms with Crippen molar-refractivity contribution in [1.29, 1.82) is 0 Å². The van der Waals surface area contributed by atoms with Crippen LogP contribution in [0.25, 0.3) is 0 Å². The fourth-order valence-corrected chi connectivity index (χ4v) is 6.97. The SMILES string of the molecule is C=CCC1=C(O)CC2CCC3C(CCC4(C)CCCC34)C2C1. The summed E-state index contributed by atoms with van der Waals surface area (Å²) in [6.07, 6.45) is 15.2. The maximum Gasteiger partial charge on any atom is 0.0920 e. The molecule has 4 aliphatic rings. The topological polar surface area (TPSA) is 20.2 Å². The molecule has 0 aliphatic heterocycles. The van der Waals surface area contributed by atoms with Crippen LogP contribution in [0.5, 0.6) is 0 Å². The van der Waals surface area contributed by atoms with Gasteiger partial charge >= 0.3 is 0 Å². The van der Waals surface area contributed by atoms with Crippen LogP contribution in [-0.2, 0) is 0 Å². The van der Waals surface area contributed by atoms with Crippen LogP contribution >= 0.6 is 0 Å². The van der Waals surface area contributed by atoms with E-state index in [1.807, 2.05) is 6.08 Å². The van der Waals surface area contributed by atoms with Crippen molar-refractivity contribution in [3.05, 3.63) is 24.0 Å². The lowest BCUT2D eigenvalue weighted by Gasteiger charge is -2.54. The molecule has 1 nitrogen and oxygen atoms in total. The van der Waals surface area contributed by atoms with Gasteiger partial charge in [0.2, 0.25) is 0 Å². The van der Waals surface area contributed by atoms with E-state index >= 15 is 0 Å². The first-order valence-electron chi connectivity index (χ1n) is 9.63. The summed E-state index contributed by atoms with van der Waals surface area (Å²) in [5.74, 6) is 5.28. The standard InChI is InChI=1S/C21H32O/c1-3-5-15-12-18-14(13-20(15)22)7-8-17-16(18)9-11-21(2)10-4-6-19(17)21/h3,14,16-19,22H,1,4-13H2,2H3. The molecule has 4 aliphatic carbocycles. The number of hydrogen-bond acceptors (Lipinski definition) is 1.